The van der Waals surface area contributed by atoms with Crippen molar-refractivity contribution in [3.63, 3.8) is 0 Å². The second-order valence-electron chi connectivity index (χ2n) is 6.14. The van der Waals surface area contributed by atoms with Crippen molar-refractivity contribution in [3.05, 3.63) is 71.8 Å². The fourth-order valence-corrected chi connectivity index (χ4v) is 4.45. The summed E-state index contributed by atoms with van der Waals surface area (Å²) in [6.07, 6.45) is 0. The van der Waals surface area contributed by atoms with Crippen molar-refractivity contribution in [3.8, 4) is 0 Å². The number of carbonyl (C=O) groups excluding carboxylic acids is 2. The summed E-state index contributed by atoms with van der Waals surface area (Å²) in [6, 6.07) is 18.8. The molecule has 0 spiro atoms. The molecule has 0 aliphatic carbocycles. The van der Waals surface area contributed by atoms with Crippen LogP contribution in [0.2, 0.25) is 0 Å². The van der Waals surface area contributed by atoms with Crippen LogP contribution in [0.15, 0.2) is 60.7 Å². The van der Waals surface area contributed by atoms with E-state index in [9.17, 15) is 9.59 Å². The summed E-state index contributed by atoms with van der Waals surface area (Å²) in [6.45, 7) is 2.34. The predicted molar refractivity (Wildman–Crippen MR) is 105 cm³/mol. The van der Waals surface area contributed by atoms with Gasteiger partial charge in [-0.05, 0) is 18.1 Å². The molecule has 0 bridgehead atoms. The van der Waals surface area contributed by atoms with Gasteiger partial charge in [-0.15, -0.1) is 11.8 Å². The van der Waals surface area contributed by atoms with E-state index in [-0.39, 0.29) is 23.9 Å². The van der Waals surface area contributed by atoms with Crippen molar-refractivity contribution in [2.75, 3.05) is 19.0 Å². The Balaban J connectivity index is 1.70. The number of rotatable bonds is 7. The van der Waals surface area contributed by atoms with Crippen LogP contribution < -0.4 is 0 Å². The van der Waals surface area contributed by atoms with Crippen LogP contribution in [0.4, 0.5) is 0 Å². The number of amides is 1. The third kappa shape index (κ3) is 4.90. The summed E-state index contributed by atoms with van der Waals surface area (Å²) in [5, 5.41) is -0.214. The Morgan fingerprint density at radius 1 is 1.07 bits per heavy atom. The molecule has 0 radical (unpaired) electrons. The molecule has 2 aromatic rings. The lowest BCUT2D eigenvalue weighted by molar-refractivity contribution is -0.155. The molecule has 6 heteroatoms. The maximum atomic E-state index is 12.9. The first-order chi connectivity index (χ1) is 13.2. The van der Waals surface area contributed by atoms with E-state index in [1.165, 1.54) is 0 Å². The van der Waals surface area contributed by atoms with Crippen LogP contribution >= 0.6 is 11.8 Å². The van der Waals surface area contributed by atoms with E-state index in [0.717, 1.165) is 11.1 Å². The Morgan fingerprint density at radius 2 is 1.74 bits per heavy atom. The number of thioether (sulfide) groups is 1. The molecule has 1 aliphatic heterocycles. The van der Waals surface area contributed by atoms with Crippen molar-refractivity contribution < 1.29 is 19.1 Å². The SMILES string of the molecule is CCOC(=O)C1CSC(c2ccccc2)N1C(=O)COCc1ccccc1. The lowest BCUT2D eigenvalue weighted by atomic mass is 10.1. The molecule has 1 fully saturated rings. The average Bonchev–Trinajstić information content (AvgIpc) is 3.15. The molecule has 2 unspecified atom stereocenters. The molecule has 1 amide bonds. The fourth-order valence-electron chi connectivity index (χ4n) is 3.01. The number of esters is 1. The van der Waals surface area contributed by atoms with Crippen molar-refractivity contribution in [2.45, 2.75) is 24.9 Å². The summed E-state index contributed by atoms with van der Waals surface area (Å²) >= 11 is 1.57. The predicted octanol–water partition coefficient (Wildman–Crippen LogP) is 3.41. The number of hydrogen-bond donors (Lipinski definition) is 0. The van der Waals surface area contributed by atoms with Gasteiger partial charge in [0, 0.05) is 5.75 Å². The van der Waals surface area contributed by atoms with Crippen LogP contribution in [0, 0.1) is 0 Å². The quantitative estimate of drug-likeness (QED) is 0.684. The Hall–Kier alpha value is -2.31. The van der Waals surface area contributed by atoms with Crippen LogP contribution in [0.5, 0.6) is 0 Å². The second-order valence-corrected chi connectivity index (χ2v) is 7.26. The van der Waals surface area contributed by atoms with Gasteiger partial charge in [0.2, 0.25) is 0 Å². The zero-order valence-electron chi connectivity index (χ0n) is 15.2. The highest BCUT2D eigenvalue weighted by molar-refractivity contribution is 7.99. The van der Waals surface area contributed by atoms with E-state index in [0.29, 0.717) is 19.0 Å². The van der Waals surface area contributed by atoms with Crippen LogP contribution in [0.3, 0.4) is 0 Å². The topological polar surface area (TPSA) is 55.8 Å². The molecule has 0 aromatic heterocycles. The molecule has 1 saturated heterocycles. The third-order valence-electron chi connectivity index (χ3n) is 4.27. The minimum atomic E-state index is -0.590. The maximum absolute atomic E-state index is 12.9. The van der Waals surface area contributed by atoms with Gasteiger partial charge < -0.3 is 14.4 Å². The third-order valence-corrected chi connectivity index (χ3v) is 5.59. The van der Waals surface area contributed by atoms with E-state index < -0.39 is 6.04 Å². The lowest BCUT2D eigenvalue weighted by Gasteiger charge is -2.28. The van der Waals surface area contributed by atoms with Crippen molar-refractivity contribution >= 4 is 23.6 Å². The van der Waals surface area contributed by atoms with Crippen LogP contribution in [-0.4, -0.2) is 41.8 Å². The Kier molecular flexibility index (Phi) is 6.90. The Morgan fingerprint density at radius 3 is 2.41 bits per heavy atom. The highest BCUT2D eigenvalue weighted by Gasteiger charge is 2.42. The zero-order valence-corrected chi connectivity index (χ0v) is 16.1. The number of carbonyl (C=O) groups is 2. The molecule has 0 N–H and O–H groups in total. The van der Waals surface area contributed by atoms with E-state index >= 15 is 0 Å². The fraction of sp³-hybridized carbons (Fsp3) is 0.333. The Bertz CT molecular complexity index is 753. The summed E-state index contributed by atoms with van der Waals surface area (Å²) in [5.74, 6) is -0.0503. The van der Waals surface area contributed by atoms with Gasteiger partial charge in [-0.25, -0.2) is 4.79 Å². The monoisotopic (exact) mass is 385 g/mol. The molecule has 2 aromatic carbocycles. The first-order valence-corrected chi connectivity index (χ1v) is 10.0. The molecule has 2 atom stereocenters. The summed E-state index contributed by atoms with van der Waals surface area (Å²) in [4.78, 5) is 26.9. The molecule has 1 aliphatic rings. The van der Waals surface area contributed by atoms with Crippen LogP contribution in [0.1, 0.15) is 23.4 Å². The normalized spacial score (nSPS) is 19.1. The van der Waals surface area contributed by atoms with Gasteiger partial charge in [0.1, 0.15) is 18.0 Å². The molecule has 3 rings (SSSR count). The molecule has 142 valence electrons. The van der Waals surface area contributed by atoms with E-state index in [1.807, 2.05) is 60.7 Å². The molecule has 0 saturated carbocycles. The highest BCUT2D eigenvalue weighted by Crippen LogP contribution is 2.41. The largest absolute Gasteiger partial charge is 0.464 e. The van der Waals surface area contributed by atoms with Gasteiger partial charge in [-0.3, -0.25) is 4.79 Å². The number of nitrogens with zero attached hydrogens (tertiary/aromatic N) is 1. The minimum absolute atomic E-state index is 0.0747. The maximum Gasteiger partial charge on any atom is 0.329 e. The van der Waals surface area contributed by atoms with Crippen LogP contribution in [0.25, 0.3) is 0 Å². The molecule has 1 heterocycles. The van der Waals surface area contributed by atoms with E-state index in [2.05, 4.69) is 0 Å². The number of ether oxygens (including phenoxy) is 2. The minimum Gasteiger partial charge on any atom is -0.464 e. The van der Waals surface area contributed by atoms with Gasteiger partial charge in [0.25, 0.3) is 5.91 Å². The highest BCUT2D eigenvalue weighted by atomic mass is 32.2. The summed E-state index contributed by atoms with van der Waals surface area (Å²) < 4.78 is 10.8. The molecular formula is C21H23NO4S. The van der Waals surface area contributed by atoms with E-state index in [4.69, 9.17) is 9.47 Å². The zero-order chi connectivity index (χ0) is 19.1. The molecule has 5 nitrogen and oxygen atoms in total. The first kappa shape index (κ1) is 19.5. The van der Waals surface area contributed by atoms with Gasteiger partial charge in [-0.1, -0.05) is 60.7 Å². The smallest absolute Gasteiger partial charge is 0.329 e. The lowest BCUT2D eigenvalue weighted by Crippen LogP contribution is -2.45. The number of hydrogen-bond acceptors (Lipinski definition) is 5. The van der Waals surface area contributed by atoms with Crippen LogP contribution in [-0.2, 0) is 25.7 Å². The van der Waals surface area contributed by atoms with E-state index in [1.54, 1.807) is 23.6 Å². The molecular weight excluding hydrogens is 362 g/mol. The van der Waals surface area contributed by atoms with Crippen molar-refractivity contribution in [1.82, 2.24) is 4.90 Å². The Labute approximate surface area is 163 Å². The number of benzene rings is 2. The van der Waals surface area contributed by atoms with Gasteiger partial charge in [-0.2, -0.15) is 0 Å². The molecule has 27 heavy (non-hydrogen) atoms. The van der Waals surface area contributed by atoms with Crippen molar-refractivity contribution in [2.24, 2.45) is 0 Å². The van der Waals surface area contributed by atoms with Crippen molar-refractivity contribution in [1.29, 1.82) is 0 Å². The average molecular weight is 385 g/mol. The first-order valence-electron chi connectivity index (χ1n) is 8.96. The van der Waals surface area contributed by atoms with Gasteiger partial charge in [0.15, 0.2) is 0 Å². The standard InChI is InChI=1S/C21H23NO4S/c1-2-26-21(24)18-15-27-20(17-11-7-4-8-12-17)22(18)19(23)14-25-13-16-9-5-3-6-10-16/h3-12,18,20H,2,13-15H2,1H3. The second kappa shape index (κ2) is 9.58. The van der Waals surface area contributed by atoms with Gasteiger partial charge >= 0.3 is 5.97 Å². The summed E-state index contributed by atoms with van der Waals surface area (Å²) in [7, 11) is 0. The van der Waals surface area contributed by atoms with Gasteiger partial charge in [0.05, 0.1) is 13.2 Å². The summed E-state index contributed by atoms with van der Waals surface area (Å²) in [5.41, 5.74) is 1.99.